The van der Waals surface area contributed by atoms with Crippen molar-refractivity contribution < 1.29 is 23.9 Å². The van der Waals surface area contributed by atoms with Crippen molar-refractivity contribution in [3.8, 4) is 0 Å². The SMILES string of the molecule is COC(=O)[C@@]12C=C[C@@H](C(=O)N1)[C@@H]1C(=O)N(c3ccccc3)C(=O)[C@@H]12. The first-order valence-electron chi connectivity index (χ1n) is 7.54. The minimum atomic E-state index is -1.62. The lowest BCUT2D eigenvalue weighted by atomic mass is 9.63. The van der Waals surface area contributed by atoms with E-state index in [2.05, 4.69) is 5.32 Å². The topological polar surface area (TPSA) is 92.8 Å². The monoisotopic (exact) mass is 326 g/mol. The second-order valence-electron chi connectivity index (χ2n) is 6.09. The average Bonchev–Trinajstić information content (AvgIpc) is 2.88. The van der Waals surface area contributed by atoms with Gasteiger partial charge in [-0.05, 0) is 12.1 Å². The number of imide groups is 1. The van der Waals surface area contributed by atoms with Crippen molar-refractivity contribution >= 4 is 29.4 Å². The molecule has 4 aliphatic rings. The van der Waals surface area contributed by atoms with E-state index in [1.165, 1.54) is 19.3 Å². The van der Waals surface area contributed by atoms with E-state index in [1.54, 1.807) is 30.3 Å². The minimum Gasteiger partial charge on any atom is -0.467 e. The molecular weight excluding hydrogens is 312 g/mol. The predicted molar refractivity (Wildman–Crippen MR) is 81.4 cm³/mol. The fourth-order valence-corrected chi connectivity index (χ4v) is 3.91. The van der Waals surface area contributed by atoms with E-state index in [0.717, 1.165) is 4.90 Å². The molecule has 0 radical (unpaired) electrons. The Bertz CT molecular complexity index is 802. The number of carbonyl (C=O) groups excluding carboxylic acids is 4. The Morgan fingerprint density at radius 3 is 2.50 bits per heavy atom. The summed E-state index contributed by atoms with van der Waals surface area (Å²) < 4.78 is 4.80. The van der Waals surface area contributed by atoms with Crippen LogP contribution in [0, 0.1) is 17.8 Å². The number of hydrogen-bond donors (Lipinski definition) is 1. The molecule has 24 heavy (non-hydrogen) atoms. The lowest BCUT2D eigenvalue weighted by molar-refractivity contribution is -0.160. The standard InChI is InChI=1S/C17H14N2O5/c1-24-16(23)17-8-7-10(13(20)18-17)11-12(17)15(22)19(14(11)21)9-5-3-2-4-6-9/h2-8,10-12H,1H3,(H,18,20)/t10-,11+,12-,17+/m1/s1. The first-order valence-corrected chi connectivity index (χ1v) is 7.54. The van der Waals surface area contributed by atoms with Crippen LogP contribution in [0.5, 0.6) is 0 Å². The van der Waals surface area contributed by atoms with Crippen molar-refractivity contribution in [3.05, 3.63) is 42.5 Å². The second kappa shape index (κ2) is 4.77. The molecule has 0 saturated carbocycles. The van der Waals surface area contributed by atoms with Crippen molar-refractivity contribution in [1.82, 2.24) is 5.32 Å². The summed E-state index contributed by atoms with van der Waals surface area (Å²) in [5.74, 6) is -4.81. The number of hydrogen-bond acceptors (Lipinski definition) is 5. The molecule has 0 aromatic heterocycles. The molecule has 2 fully saturated rings. The molecule has 1 aromatic carbocycles. The molecule has 0 spiro atoms. The van der Waals surface area contributed by atoms with Crippen molar-refractivity contribution in [2.24, 2.45) is 17.8 Å². The van der Waals surface area contributed by atoms with Gasteiger partial charge in [-0.15, -0.1) is 0 Å². The fraction of sp³-hybridized carbons (Fsp3) is 0.294. The van der Waals surface area contributed by atoms with Gasteiger partial charge in [0.05, 0.1) is 30.6 Å². The summed E-state index contributed by atoms with van der Waals surface area (Å²) in [6.45, 7) is 0. The van der Waals surface area contributed by atoms with Crippen LogP contribution >= 0.6 is 0 Å². The summed E-state index contributed by atoms with van der Waals surface area (Å²) >= 11 is 0. The molecule has 4 atom stereocenters. The number of para-hydroxylation sites is 1. The quantitative estimate of drug-likeness (QED) is 0.470. The lowest BCUT2D eigenvalue weighted by Gasteiger charge is -2.45. The highest BCUT2D eigenvalue weighted by molar-refractivity contribution is 6.26. The van der Waals surface area contributed by atoms with Crippen molar-refractivity contribution in [2.45, 2.75) is 5.54 Å². The first-order chi connectivity index (χ1) is 11.5. The maximum Gasteiger partial charge on any atom is 0.336 e. The van der Waals surface area contributed by atoms with Crippen molar-refractivity contribution in [1.29, 1.82) is 0 Å². The summed E-state index contributed by atoms with van der Waals surface area (Å²) in [6, 6.07) is 8.48. The number of benzene rings is 1. The minimum absolute atomic E-state index is 0.425. The van der Waals surface area contributed by atoms with Gasteiger partial charge in [0, 0.05) is 0 Å². The third-order valence-electron chi connectivity index (χ3n) is 4.97. The van der Waals surface area contributed by atoms with E-state index in [-0.39, 0.29) is 0 Å². The first kappa shape index (κ1) is 14.6. The van der Waals surface area contributed by atoms with Gasteiger partial charge in [-0.25, -0.2) is 9.69 Å². The maximum absolute atomic E-state index is 13.0. The Morgan fingerprint density at radius 2 is 1.88 bits per heavy atom. The van der Waals surface area contributed by atoms with Crippen LogP contribution in [0.1, 0.15) is 0 Å². The van der Waals surface area contributed by atoms with Gasteiger partial charge in [0.25, 0.3) is 0 Å². The zero-order chi connectivity index (χ0) is 17.1. The zero-order valence-electron chi connectivity index (χ0n) is 12.8. The summed E-state index contributed by atoms with van der Waals surface area (Å²) in [5, 5.41) is 2.57. The highest BCUT2D eigenvalue weighted by Crippen LogP contribution is 2.48. The number of piperidine rings is 1. The maximum atomic E-state index is 13.0. The van der Waals surface area contributed by atoms with Crippen LogP contribution in [0.15, 0.2) is 42.5 Å². The van der Waals surface area contributed by atoms with Crippen LogP contribution in [0.4, 0.5) is 5.69 Å². The van der Waals surface area contributed by atoms with Crippen LogP contribution in [-0.2, 0) is 23.9 Å². The Balaban J connectivity index is 1.86. The number of rotatable bonds is 2. The zero-order valence-corrected chi connectivity index (χ0v) is 12.8. The highest BCUT2D eigenvalue weighted by atomic mass is 16.5. The van der Waals surface area contributed by atoms with Crippen LogP contribution in [0.2, 0.25) is 0 Å². The average molecular weight is 326 g/mol. The van der Waals surface area contributed by atoms with E-state index in [1.807, 2.05) is 0 Å². The Kier molecular flexibility index (Phi) is 2.90. The number of nitrogens with one attached hydrogen (secondary N) is 1. The van der Waals surface area contributed by atoms with Gasteiger partial charge in [-0.1, -0.05) is 30.4 Å². The Hall–Kier alpha value is -2.96. The van der Waals surface area contributed by atoms with Crippen molar-refractivity contribution in [2.75, 3.05) is 12.0 Å². The number of amides is 3. The van der Waals surface area contributed by atoms with E-state index in [4.69, 9.17) is 4.74 Å². The largest absolute Gasteiger partial charge is 0.467 e. The van der Waals surface area contributed by atoms with Gasteiger partial charge in [-0.2, -0.15) is 0 Å². The van der Waals surface area contributed by atoms with Gasteiger partial charge in [0.2, 0.25) is 17.7 Å². The molecule has 3 heterocycles. The fourth-order valence-electron chi connectivity index (χ4n) is 3.91. The van der Waals surface area contributed by atoms with Gasteiger partial charge < -0.3 is 10.1 Å². The number of anilines is 1. The van der Waals surface area contributed by atoms with Crippen LogP contribution in [0.25, 0.3) is 0 Å². The highest BCUT2D eigenvalue weighted by Gasteiger charge is 2.68. The van der Waals surface area contributed by atoms with Crippen LogP contribution in [-0.4, -0.2) is 36.3 Å². The Morgan fingerprint density at radius 1 is 1.17 bits per heavy atom. The van der Waals surface area contributed by atoms with E-state index >= 15 is 0 Å². The van der Waals surface area contributed by atoms with Gasteiger partial charge >= 0.3 is 5.97 Å². The number of ether oxygens (including phenoxy) is 1. The summed E-state index contributed by atoms with van der Waals surface area (Å²) in [5.41, 5.74) is -1.20. The number of fused-ring (bicyclic) bond motifs is 1. The summed E-state index contributed by atoms with van der Waals surface area (Å²) in [6.07, 6.45) is 3.00. The molecule has 1 aliphatic carbocycles. The number of methoxy groups -OCH3 is 1. The normalized spacial score (nSPS) is 33.5. The van der Waals surface area contributed by atoms with Crippen LogP contribution < -0.4 is 10.2 Å². The third kappa shape index (κ3) is 1.61. The molecular formula is C17H14N2O5. The summed E-state index contributed by atoms with van der Waals surface area (Å²) in [4.78, 5) is 51.6. The number of esters is 1. The second-order valence-corrected chi connectivity index (χ2v) is 6.09. The predicted octanol–water partition coefficient (Wildman–Crippen LogP) is 0.0198. The van der Waals surface area contributed by atoms with Crippen LogP contribution in [0.3, 0.4) is 0 Å². The van der Waals surface area contributed by atoms with E-state index in [0.29, 0.717) is 5.69 Å². The molecule has 1 aromatic rings. The number of carbonyl (C=O) groups is 4. The van der Waals surface area contributed by atoms with Gasteiger partial charge in [0.15, 0.2) is 5.54 Å². The molecule has 3 aliphatic heterocycles. The number of nitrogens with zero attached hydrogens (tertiary/aromatic N) is 1. The Labute approximate surface area is 137 Å². The third-order valence-corrected chi connectivity index (χ3v) is 4.97. The van der Waals surface area contributed by atoms with Crippen molar-refractivity contribution in [3.63, 3.8) is 0 Å². The molecule has 1 N–H and O–H groups in total. The van der Waals surface area contributed by atoms with Gasteiger partial charge in [0.1, 0.15) is 0 Å². The molecule has 0 unspecified atom stereocenters. The van der Waals surface area contributed by atoms with Gasteiger partial charge in [-0.3, -0.25) is 14.4 Å². The van der Waals surface area contributed by atoms with E-state index < -0.39 is 47.0 Å². The molecule has 5 rings (SSSR count). The molecule has 7 heteroatoms. The molecule has 3 amide bonds. The smallest absolute Gasteiger partial charge is 0.336 e. The molecule has 122 valence electrons. The van der Waals surface area contributed by atoms with E-state index in [9.17, 15) is 19.2 Å². The lowest BCUT2D eigenvalue weighted by Crippen LogP contribution is -2.69. The molecule has 2 saturated heterocycles. The molecule has 2 bridgehead atoms. The molecule has 7 nitrogen and oxygen atoms in total. The summed E-state index contributed by atoms with van der Waals surface area (Å²) in [7, 11) is 1.18.